The lowest BCUT2D eigenvalue weighted by Crippen LogP contribution is -2.10. The minimum Gasteiger partial charge on any atom is -0.322 e. The van der Waals surface area contributed by atoms with E-state index in [2.05, 4.69) is 26.1 Å². The number of carbonyl (C=O) groups is 1. The van der Waals surface area contributed by atoms with Crippen LogP contribution in [0.4, 0.5) is 11.4 Å². The Bertz CT molecular complexity index is 772. The van der Waals surface area contributed by atoms with E-state index >= 15 is 0 Å². The molecular formula is C19H20N2O3. The quantitative estimate of drug-likeness (QED) is 0.509. The summed E-state index contributed by atoms with van der Waals surface area (Å²) in [4.78, 5) is 22.2. The Morgan fingerprint density at radius 1 is 1.12 bits per heavy atom. The topological polar surface area (TPSA) is 72.2 Å². The Balaban J connectivity index is 2.03. The Labute approximate surface area is 141 Å². The van der Waals surface area contributed by atoms with Gasteiger partial charge in [0.15, 0.2) is 0 Å². The molecule has 0 unspecified atom stereocenters. The zero-order valence-electron chi connectivity index (χ0n) is 13.9. The molecular weight excluding hydrogens is 304 g/mol. The van der Waals surface area contributed by atoms with Crippen LogP contribution >= 0.6 is 0 Å². The molecule has 1 N–H and O–H groups in total. The van der Waals surface area contributed by atoms with E-state index in [1.807, 2.05) is 24.3 Å². The zero-order chi connectivity index (χ0) is 17.7. The van der Waals surface area contributed by atoms with E-state index in [0.717, 1.165) is 5.56 Å². The standard InChI is InChI=1S/C19H20N2O3/c1-19(2,3)15-10-7-14(8-11-15)9-12-18(22)20-16-5-4-6-17(13-16)21(23)24/h4-13H,1-3H3,(H,20,22). The number of nitrogens with zero attached hydrogens (tertiary/aromatic N) is 1. The number of non-ortho nitro benzene ring substituents is 1. The maximum absolute atomic E-state index is 11.9. The van der Waals surface area contributed by atoms with Crippen LogP contribution in [0.3, 0.4) is 0 Å². The van der Waals surface area contributed by atoms with Gasteiger partial charge in [-0.25, -0.2) is 0 Å². The minimum atomic E-state index is -0.498. The molecule has 2 rings (SSSR count). The third kappa shape index (κ3) is 4.78. The van der Waals surface area contributed by atoms with Crippen molar-refractivity contribution in [3.05, 3.63) is 75.8 Å². The first kappa shape index (κ1) is 17.4. The van der Waals surface area contributed by atoms with Crippen LogP contribution in [-0.2, 0) is 10.2 Å². The van der Waals surface area contributed by atoms with E-state index in [4.69, 9.17) is 0 Å². The predicted molar refractivity (Wildman–Crippen MR) is 95.9 cm³/mol. The van der Waals surface area contributed by atoms with E-state index < -0.39 is 4.92 Å². The first-order valence-corrected chi connectivity index (χ1v) is 7.60. The fraction of sp³-hybridized carbons (Fsp3) is 0.211. The summed E-state index contributed by atoms with van der Waals surface area (Å²) in [7, 11) is 0. The summed E-state index contributed by atoms with van der Waals surface area (Å²) in [5, 5.41) is 13.3. The zero-order valence-corrected chi connectivity index (χ0v) is 13.9. The highest BCUT2D eigenvalue weighted by molar-refractivity contribution is 6.02. The molecule has 1 amide bonds. The number of carbonyl (C=O) groups excluding carboxylic acids is 1. The third-order valence-electron chi connectivity index (χ3n) is 3.53. The van der Waals surface area contributed by atoms with Gasteiger partial charge >= 0.3 is 0 Å². The number of nitrogens with one attached hydrogen (secondary N) is 1. The number of nitro benzene ring substituents is 1. The molecule has 2 aromatic rings. The van der Waals surface area contributed by atoms with Gasteiger partial charge in [0.2, 0.25) is 5.91 Å². The lowest BCUT2D eigenvalue weighted by Gasteiger charge is -2.18. The summed E-state index contributed by atoms with van der Waals surface area (Å²) in [6.45, 7) is 6.43. The van der Waals surface area contributed by atoms with Crippen molar-refractivity contribution in [1.82, 2.24) is 0 Å². The van der Waals surface area contributed by atoms with Crippen molar-refractivity contribution in [2.45, 2.75) is 26.2 Å². The van der Waals surface area contributed by atoms with Crippen LogP contribution in [0.5, 0.6) is 0 Å². The highest BCUT2D eigenvalue weighted by Gasteiger charge is 2.12. The van der Waals surface area contributed by atoms with Gasteiger partial charge in [0.1, 0.15) is 0 Å². The van der Waals surface area contributed by atoms with Gasteiger partial charge in [0.05, 0.1) is 4.92 Å². The monoisotopic (exact) mass is 324 g/mol. The van der Waals surface area contributed by atoms with Crippen molar-refractivity contribution >= 4 is 23.4 Å². The number of benzene rings is 2. The van der Waals surface area contributed by atoms with Crippen molar-refractivity contribution in [3.63, 3.8) is 0 Å². The Kier molecular flexibility index (Phi) is 5.14. The lowest BCUT2D eigenvalue weighted by atomic mass is 9.87. The van der Waals surface area contributed by atoms with Crippen LogP contribution in [-0.4, -0.2) is 10.8 Å². The van der Waals surface area contributed by atoms with Gasteiger partial charge in [0, 0.05) is 23.9 Å². The summed E-state index contributed by atoms with van der Waals surface area (Å²) in [5.74, 6) is -0.338. The largest absolute Gasteiger partial charge is 0.322 e. The van der Waals surface area contributed by atoms with Crippen LogP contribution in [0.1, 0.15) is 31.9 Å². The highest BCUT2D eigenvalue weighted by atomic mass is 16.6. The van der Waals surface area contributed by atoms with Gasteiger partial charge in [0.25, 0.3) is 5.69 Å². The summed E-state index contributed by atoms with van der Waals surface area (Å²) < 4.78 is 0. The maximum Gasteiger partial charge on any atom is 0.271 e. The average molecular weight is 324 g/mol. The van der Waals surface area contributed by atoms with E-state index in [1.54, 1.807) is 12.1 Å². The second kappa shape index (κ2) is 7.08. The van der Waals surface area contributed by atoms with E-state index in [0.29, 0.717) is 5.69 Å². The van der Waals surface area contributed by atoms with Crippen molar-refractivity contribution in [3.8, 4) is 0 Å². The lowest BCUT2D eigenvalue weighted by molar-refractivity contribution is -0.384. The molecule has 0 aliphatic heterocycles. The molecule has 0 radical (unpaired) electrons. The van der Waals surface area contributed by atoms with Crippen molar-refractivity contribution < 1.29 is 9.72 Å². The molecule has 0 atom stereocenters. The first-order chi connectivity index (χ1) is 11.3. The summed E-state index contributed by atoms with van der Waals surface area (Å²) >= 11 is 0. The molecule has 0 aliphatic carbocycles. The molecule has 0 saturated heterocycles. The number of amides is 1. The summed E-state index contributed by atoms with van der Waals surface area (Å²) in [5.41, 5.74) is 2.55. The second-order valence-electron chi connectivity index (χ2n) is 6.50. The predicted octanol–water partition coefficient (Wildman–Crippen LogP) is 4.54. The molecule has 0 spiro atoms. The van der Waals surface area contributed by atoms with Crippen molar-refractivity contribution in [1.29, 1.82) is 0 Å². The van der Waals surface area contributed by atoms with Crippen LogP contribution in [0.2, 0.25) is 0 Å². The highest BCUT2D eigenvalue weighted by Crippen LogP contribution is 2.22. The third-order valence-corrected chi connectivity index (χ3v) is 3.53. The van der Waals surface area contributed by atoms with Gasteiger partial charge in [-0.05, 0) is 28.7 Å². The average Bonchev–Trinajstić information content (AvgIpc) is 2.53. The van der Waals surface area contributed by atoms with Gasteiger partial charge in [-0.15, -0.1) is 0 Å². The first-order valence-electron chi connectivity index (χ1n) is 7.60. The van der Waals surface area contributed by atoms with Crippen molar-refractivity contribution in [2.75, 3.05) is 5.32 Å². The molecule has 0 bridgehead atoms. The smallest absolute Gasteiger partial charge is 0.271 e. The fourth-order valence-corrected chi connectivity index (χ4v) is 2.15. The minimum absolute atomic E-state index is 0.0606. The number of hydrogen-bond donors (Lipinski definition) is 1. The number of rotatable bonds is 4. The molecule has 5 nitrogen and oxygen atoms in total. The van der Waals surface area contributed by atoms with Crippen molar-refractivity contribution in [2.24, 2.45) is 0 Å². The maximum atomic E-state index is 11.9. The molecule has 0 heterocycles. The molecule has 0 fully saturated rings. The van der Waals surface area contributed by atoms with Crippen LogP contribution in [0.25, 0.3) is 6.08 Å². The van der Waals surface area contributed by atoms with Crippen LogP contribution in [0.15, 0.2) is 54.6 Å². The summed E-state index contributed by atoms with van der Waals surface area (Å²) in [6, 6.07) is 13.8. The van der Waals surface area contributed by atoms with Gasteiger partial charge in [-0.3, -0.25) is 14.9 Å². The number of anilines is 1. The Morgan fingerprint density at radius 3 is 2.38 bits per heavy atom. The van der Waals surface area contributed by atoms with Crippen LogP contribution in [0, 0.1) is 10.1 Å². The van der Waals surface area contributed by atoms with E-state index in [9.17, 15) is 14.9 Å². The molecule has 5 heteroatoms. The van der Waals surface area contributed by atoms with Gasteiger partial charge in [-0.2, -0.15) is 0 Å². The fourth-order valence-electron chi connectivity index (χ4n) is 2.15. The molecule has 2 aromatic carbocycles. The number of nitro groups is 1. The van der Waals surface area contributed by atoms with E-state index in [-0.39, 0.29) is 17.0 Å². The SMILES string of the molecule is CC(C)(C)c1ccc(C=CC(=O)Nc2cccc([N+](=O)[O-])c2)cc1. The van der Waals surface area contributed by atoms with Gasteiger partial charge in [-0.1, -0.05) is 51.1 Å². The molecule has 0 aromatic heterocycles. The molecule has 0 aliphatic rings. The second-order valence-corrected chi connectivity index (χ2v) is 6.50. The normalized spacial score (nSPS) is 11.5. The number of hydrogen-bond acceptors (Lipinski definition) is 3. The Morgan fingerprint density at radius 2 is 1.79 bits per heavy atom. The molecule has 0 saturated carbocycles. The Hall–Kier alpha value is -2.95. The van der Waals surface area contributed by atoms with Gasteiger partial charge < -0.3 is 5.32 Å². The molecule has 124 valence electrons. The summed E-state index contributed by atoms with van der Waals surface area (Å²) in [6.07, 6.45) is 3.12. The molecule has 24 heavy (non-hydrogen) atoms. The van der Waals surface area contributed by atoms with E-state index in [1.165, 1.54) is 29.8 Å². The van der Waals surface area contributed by atoms with Crippen LogP contribution < -0.4 is 5.32 Å².